The zero-order valence-corrected chi connectivity index (χ0v) is 13.0. The molecule has 1 heterocycles. The van der Waals surface area contributed by atoms with E-state index in [0.717, 1.165) is 17.4 Å². The van der Waals surface area contributed by atoms with Crippen molar-refractivity contribution in [3.63, 3.8) is 0 Å². The highest BCUT2D eigenvalue weighted by molar-refractivity contribution is 5.97. The largest absolute Gasteiger partial charge is 0.351 e. The second kappa shape index (κ2) is 5.19. The standard InChI is InChI=1S/C17H23N3O/c1-19(2)17(9-6-10-17)12-20(3)16(21)15-11-13-7-4-5-8-14(13)18-15/h4-5,7-8,11,18H,6,9-10,12H2,1-3H3. The molecule has 0 atom stereocenters. The van der Waals surface area contributed by atoms with Crippen molar-refractivity contribution in [2.45, 2.75) is 24.8 Å². The number of H-pyrrole nitrogens is 1. The van der Waals surface area contributed by atoms with Crippen LogP contribution in [0.15, 0.2) is 30.3 Å². The molecular weight excluding hydrogens is 262 g/mol. The first-order valence-electron chi connectivity index (χ1n) is 7.52. The van der Waals surface area contributed by atoms with Crippen LogP contribution < -0.4 is 0 Å². The van der Waals surface area contributed by atoms with Gasteiger partial charge in [-0.1, -0.05) is 18.2 Å². The fraction of sp³-hybridized carbons (Fsp3) is 0.471. The molecular formula is C17H23N3O. The highest BCUT2D eigenvalue weighted by Gasteiger charge is 2.40. The van der Waals surface area contributed by atoms with Crippen molar-refractivity contribution in [2.24, 2.45) is 0 Å². The van der Waals surface area contributed by atoms with Crippen LogP contribution in [-0.4, -0.2) is 53.9 Å². The van der Waals surface area contributed by atoms with Crippen molar-refractivity contribution in [2.75, 3.05) is 27.7 Å². The van der Waals surface area contributed by atoms with Crippen LogP contribution in [0.2, 0.25) is 0 Å². The number of rotatable bonds is 4. The second-order valence-corrected chi connectivity index (χ2v) is 6.40. The van der Waals surface area contributed by atoms with Gasteiger partial charge < -0.3 is 14.8 Å². The molecule has 0 radical (unpaired) electrons. The third-order valence-corrected chi connectivity index (χ3v) is 4.87. The lowest BCUT2D eigenvalue weighted by Crippen LogP contribution is -2.57. The third kappa shape index (κ3) is 2.44. The first-order valence-corrected chi connectivity index (χ1v) is 7.52. The van der Waals surface area contributed by atoms with Gasteiger partial charge in [-0.25, -0.2) is 0 Å². The van der Waals surface area contributed by atoms with Crippen LogP contribution in [0.25, 0.3) is 10.9 Å². The van der Waals surface area contributed by atoms with Gasteiger partial charge >= 0.3 is 0 Å². The molecule has 21 heavy (non-hydrogen) atoms. The summed E-state index contributed by atoms with van der Waals surface area (Å²) in [5.41, 5.74) is 1.85. The van der Waals surface area contributed by atoms with E-state index in [1.807, 2.05) is 42.3 Å². The van der Waals surface area contributed by atoms with Crippen molar-refractivity contribution in [1.29, 1.82) is 0 Å². The maximum absolute atomic E-state index is 12.6. The normalized spacial score (nSPS) is 17.0. The summed E-state index contributed by atoms with van der Waals surface area (Å²) in [6, 6.07) is 9.93. The number of amides is 1. The molecule has 3 rings (SSSR count). The smallest absolute Gasteiger partial charge is 0.270 e. The summed E-state index contributed by atoms with van der Waals surface area (Å²) in [5, 5.41) is 1.08. The summed E-state index contributed by atoms with van der Waals surface area (Å²) in [7, 11) is 6.12. The average molecular weight is 285 g/mol. The summed E-state index contributed by atoms with van der Waals surface area (Å²) < 4.78 is 0. The number of hydrogen-bond acceptors (Lipinski definition) is 2. The van der Waals surface area contributed by atoms with E-state index in [1.54, 1.807) is 0 Å². The molecule has 4 nitrogen and oxygen atoms in total. The maximum atomic E-state index is 12.6. The molecule has 0 aliphatic heterocycles. The molecule has 1 saturated carbocycles. The fourth-order valence-corrected chi connectivity index (χ4v) is 3.24. The van der Waals surface area contributed by atoms with Crippen molar-refractivity contribution in [1.82, 2.24) is 14.8 Å². The van der Waals surface area contributed by atoms with Crippen molar-refractivity contribution >= 4 is 16.8 Å². The van der Waals surface area contributed by atoms with Gasteiger partial charge in [0.2, 0.25) is 0 Å². The van der Waals surface area contributed by atoms with E-state index in [2.05, 4.69) is 24.0 Å². The van der Waals surface area contributed by atoms with Crippen LogP contribution in [0, 0.1) is 0 Å². The van der Waals surface area contributed by atoms with Gasteiger partial charge in [-0.05, 0) is 45.5 Å². The lowest BCUT2D eigenvalue weighted by atomic mass is 9.75. The highest BCUT2D eigenvalue weighted by Crippen LogP contribution is 2.36. The Labute approximate surface area is 125 Å². The quantitative estimate of drug-likeness (QED) is 0.938. The molecule has 1 aromatic carbocycles. The van der Waals surface area contributed by atoms with E-state index in [-0.39, 0.29) is 11.4 Å². The molecule has 0 spiro atoms. The van der Waals surface area contributed by atoms with Gasteiger partial charge in [0, 0.05) is 30.0 Å². The molecule has 1 N–H and O–H groups in total. The van der Waals surface area contributed by atoms with E-state index in [0.29, 0.717) is 5.69 Å². The van der Waals surface area contributed by atoms with Crippen LogP contribution in [0.5, 0.6) is 0 Å². The zero-order chi connectivity index (χ0) is 15.0. The lowest BCUT2D eigenvalue weighted by Gasteiger charge is -2.49. The number of carbonyl (C=O) groups is 1. The Bertz CT molecular complexity index is 622. The molecule has 0 unspecified atom stereocenters. The Hall–Kier alpha value is -1.81. The molecule has 1 aliphatic carbocycles. The first-order chi connectivity index (χ1) is 10.0. The van der Waals surface area contributed by atoms with Gasteiger partial charge in [0.1, 0.15) is 5.69 Å². The second-order valence-electron chi connectivity index (χ2n) is 6.40. The number of benzene rings is 1. The van der Waals surface area contributed by atoms with E-state index >= 15 is 0 Å². The summed E-state index contributed by atoms with van der Waals surface area (Å²) >= 11 is 0. The average Bonchev–Trinajstić information content (AvgIpc) is 2.85. The summed E-state index contributed by atoms with van der Waals surface area (Å²) in [4.78, 5) is 20.0. The summed E-state index contributed by atoms with van der Waals surface area (Å²) in [6.07, 6.45) is 3.60. The summed E-state index contributed by atoms with van der Waals surface area (Å²) in [5.74, 6) is 0.0688. The number of nitrogens with one attached hydrogen (secondary N) is 1. The predicted molar refractivity (Wildman–Crippen MR) is 85.5 cm³/mol. The number of carbonyl (C=O) groups excluding carboxylic acids is 1. The Balaban J connectivity index is 1.78. The Kier molecular flexibility index (Phi) is 3.49. The van der Waals surface area contributed by atoms with Gasteiger partial charge in [0.05, 0.1) is 0 Å². The van der Waals surface area contributed by atoms with E-state index in [1.165, 1.54) is 19.3 Å². The predicted octanol–water partition coefficient (Wildman–Crippen LogP) is 2.72. The minimum Gasteiger partial charge on any atom is -0.351 e. The number of aromatic amines is 1. The molecule has 1 aliphatic rings. The van der Waals surface area contributed by atoms with Gasteiger partial charge in [0.25, 0.3) is 5.91 Å². The van der Waals surface area contributed by atoms with Crippen molar-refractivity contribution < 1.29 is 4.79 Å². The van der Waals surface area contributed by atoms with Crippen LogP contribution in [0.1, 0.15) is 29.8 Å². The summed E-state index contributed by atoms with van der Waals surface area (Å²) in [6.45, 7) is 0.786. The van der Waals surface area contributed by atoms with Crippen LogP contribution in [0.3, 0.4) is 0 Å². The number of aromatic nitrogens is 1. The van der Waals surface area contributed by atoms with Gasteiger partial charge in [-0.15, -0.1) is 0 Å². The Morgan fingerprint density at radius 3 is 2.52 bits per heavy atom. The molecule has 0 saturated heterocycles. The zero-order valence-electron chi connectivity index (χ0n) is 13.0. The third-order valence-electron chi connectivity index (χ3n) is 4.87. The van der Waals surface area contributed by atoms with Crippen molar-refractivity contribution in [3.8, 4) is 0 Å². The molecule has 0 bridgehead atoms. The van der Waals surface area contributed by atoms with E-state index in [9.17, 15) is 4.79 Å². The topological polar surface area (TPSA) is 39.3 Å². The van der Waals surface area contributed by atoms with E-state index < -0.39 is 0 Å². The minimum absolute atomic E-state index is 0.0688. The molecule has 1 fully saturated rings. The maximum Gasteiger partial charge on any atom is 0.270 e. The number of fused-ring (bicyclic) bond motifs is 1. The highest BCUT2D eigenvalue weighted by atomic mass is 16.2. The van der Waals surface area contributed by atoms with Gasteiger partial charge in [-0.2, -0.15) is 0 Å². The van der Waals surface area contributed by atoms with Crippen LogP contribution in [-0.2, 0) is 0 Å². The number of hydrogen-bond donors (Lipinski definition) is 1. The Morgan fingerprint density at radius 1 is 1.24 bits per heavy atom. The van der Waals surface area contributed by atoms with Crippen molar-refractivity contribution in [3.05, 3.63) is 36.0 Å². The fourth-order valence-electron chi connectivity index (χ4n) is 3.24. The molecule has 2 aromatic rings. The molecule has 1 aromatic heterocycles. The SMILES string of the molecule is CN(CC1(N(C)C)CCC1)C(=O)c1cc2ccccc2[nH]1. The monoisotopic (exact) mass is 285 g/mol. The van der Waals surface area contributed by atoms with Crippen LogP contribution >= 0.6 is 0 Å². The first kappa shape index (κ1) is 14.1. The molecule has 1 amide bonds. The lowest BCUT2D eigenvalue weighted by molar-refractivity contribution is 0.0250. The van der Waals surface area contributed by atoms with E-state index in [4.69, 9.17) is 0 Å². The van der Waals surface area contributed by atoms with Gasteiger partial charge in [0.15, 0.2) is 0 Å². The van der Waals surface area contributed by atoms with Crippen LogP contribution in [0.4, 0.5) is 0 Å². The molecule has 112 valence electrons. The molecule has 4 heteroatoms. The minimum atomic E-state index is 0.0688. The number of likely N-dealkylation sites (N-methyl/N-ethyl adjacent to an activating group) is 2. The number of nitrogens with zero attached hydrogens (tertiary/aromatic N) is 2. The number of para-hydroxylation sites is 1. The van der Waals surface area contributed by atoms with Gasteiger partial charge in [-0.3, -0.25) is 4.79 Å². The Morgan fingerprint density at radius 2 is 1.95 bits per heavy atom.